The zero-order valence-corrected chi connectivity index (χ0v) is 20.3. The first kappa shape index (κ1) is 28.3. The molecule has 1 N–H and O–H groups in total. The number of ether oxygens (including phenoxy) is 1. The van der Waals surface area contributed by atoms with E-state index in [1.807, 2.05) is 21.1 Å². The molecule has 0 saturated heterocycles. The summed E-state index contributed by atoms with van der Waals surface area (Å²) in [6.07, 6.45) is 8.61. The van der Waals surface area contributed by atoms with Gasteiger partial charge >= 0.3 is 13.9 Å². The number of quaternary nitrogens is 1. The molecule has 0 aromatic heterocycles. The number of likely N-dealkylation sites (N-methyl/N-ethyl adjacent to an activating group) is 1. The fourth-order valence-electron chi connectivity index (χ4n) is 2.61. The molecule has 29 heavy (non-hydrogen) atoms. The monoisotopic (exact) mass is 439 g/mol. The molecule has 0 aliphatic carbocycles. The lowest BCUT2D eigenvalue weighted by molar-refractivity contribution is -0.870. The van der Waals surface area contributed by atoms with Crippen LogP contribution in [0.2, 0.25) is 0 Å². The van der Waals surface area contributed by atoms with Crippen molar-refractivity contribution in [2.24, 2.45) is 0 Å². The summed E-state index contributed by atoms with van der Waals surface area (Å²) in [6.45, 7) is 2.82. The minimum atomic E-state index is -4.21. The number of unbranched alkanes of at least 4 members (excludes halogenated alkanes) is 7. The number of carbonyl (C=O) groups excluding carboxylic acids is 1. The van der Waals surface area contributed by atoms with Crippen LogP contribution in [0.4, 0.5) is 4.79 Å². The molecule has 0 aliphatic rings. The average molecular weight is 440 g/mol. The van der Waals surface area contributed by atoms with Crippen molar-refractivity contribution < 1.29 is 32.5 Å². The second-order valence-corrected chi connectivity index (χ2v) is 10.2. The molecule has 0 aromatic carbocycles. The van der Waals surface area contributed by atoms with Gasteiger partial charge in [0.25, 0.3) is 0 Å². The largest absolute Gasteiger partial charge is 0.472 e. The van der Waals surface area contributed by atoms with E-state index < -0.39 is 20.0 Å². The standard InChI is InChI=1S/C20H43N2O6P/c1-7-8-9-10-11-12-13-14-15-19(18-26-20(23)21(2)3)28-29(24,25)27-17-16-22(4,5)6/h19H,7-18H2,1-6H3/p+1. The van der Waals surface area contributed by atoms with Crippen LogP contribution in [0.3, 0.4) is 0 Å². The Hall–Kier alpha value is -0.660. The zero-order valence-electron chi connectivity index (χ0n) is 19.4. The van der Waals surface area contributed by atoms with Crippen molar-refractivity contribution in [3.63, 3.8) is 0 Å². The van der Waals surface area contributed by atoms with Gasteiger partial charge in [-0.05, 0) is 6.42 Å². The first-order valence-electron chi connectivity index (χ1n) is 10.8. The van der Waals surface area contributed by atoms with Crippen LogP contribution < -0.4 is 0 Å². The summed E-state index contributed by atoms with van der Waals surface area (Å²) in [5.74, 6) is 0. The summed E-state index contributed by atoms with van der Waals surface area (Å²) in [6, 6.07) is 0. The lowest BCUT2D eigenvalue weighted by Crippen LogP contribution is -2.37. The van der Waals surface area contributed by atoms with E-state index in [0.717, 1.165) is 19.3 Å². The van der Waals surface area contributed by atoms with Gasteiger partial charge in [-0.25, -0.2) is 9.36 Å². The molecule has 0 radical (unpaired) electrons. The van der Waals surface area contributed by atoms with E-state index in [0.29, 0.717) is 17.4 Å². The fourth-order valence-corrected chi connectivity index (χ4v) is 3.53. The number of hydrogen-bond donors (Lipinski definition) is 1. The third kappa shape index (κ3) is 17.9. The van der Waals surface area contributed by atoms with E-state index in [2.05, 4.69) is 6.92 Å². The molecular weight excluding hydrogens is 395 g/mol. The quantitative estimate of drug-likeness (QED) is 0.205. The molecule has 0 fully saturated rings. The highest BCUT2D eigenvalue weighted by Gasteiger charge is 2.28. The van der Waals surface area contributed by atoms with Crippen molar-refractivity contribution in [2.45, 2.75) is 70.8 Å². The van der Waals surface area contributed by atoms with Crippen molar-refractivity contribution in [3.05, 3.63) is 0 Å². The van der Waals surface area contributed by atoms with E-state index in [1.54, 1.807) is 14.1 Å². The summed E-state index contributed by atoms with van der Waals surface area (Å²) in [7, 11) is 4.87. The maximum absolute atomic E-state index is 12.3. The molecule has 0 rings (SSSR count). The first-order valence-corrected chi connectivity index (χ1v) is 12.3. The Morgan fingerprint density at radius 2 is 1.59 bits per heavy atom. The highest BCUT2D eigenvalue weighted by atomic mass is 31.2. The summed E-state index contributed by atoms with van der Waals surface area (Å²) < 4.78 is 28.5. The maximum Gasteiger partial charge on any atom is 0.472 e. The van der Waals surface area contributed by atoms with E-state index in [9.17, 15) is 14.3 Å². The number of hydrogen-bond acceptors (Lipinski definition) is 5. The predicted molar refractivity (Wildman–Crippen MR) is 116 cm³/mol. The van der Waals surface area contributed by atoms with Crippen LogP contribution >= 0.6 is 7.82 Å². The van der Waals surface area contributed by atoms with Gasteiger partial charge in [0, 0.05) is 14.1 Å². The smallest absolute Gasteiger partial charge is 0.447 e. The Bertz CT molecular complexity index is 482. The minimum Gasteiger partial charge on any atom is -0.447 e. The van der Waals surface area contributed by atoms with Crippen molar-refractivity contribution in [1.29, 1.82) is 0 Å². The summed E-state index contributed by atoms with van der Waals surface area (Å²) in [5.41, 5.74) is 0. The Morgan fingerprint density at radius 1 is 1.03 bits per heavy atom. The normalized spacial score (nSPS) is 15.0. The van der Waals surface area contributed by atoms with Gasteiger partial charge in [-0.2, -0.15) is 0 Å². The van der Waals surface area contributed by atoms with Crippen molar-refractivity contribution in [1.82, 2.24) is 4.90 Å². The van der Waals surface area contributed by atoms with Gasteiger partial charge in [0.1, 0.15) is 25.9 Å². The number of amides is 1. The van der Waals surface area contributed by atoms with E-state index >= 15 is 0 Å². The summed E-state index contributed by atoms with van der Waals surface area (Å²) >= 11 is 0. The molecule has 0 heterocycles. The zero-order chi connectivity index (χ0) is 22.3. The van der Waals surface area contributed by atoms with Gasteiger partial charge in [-0.1, -0.05) is 58.3 Å². The van der Waals surface area contributed by atoms with Gasteiger partial charge in [-0.15, -0.1) is 0 Å². The highest BCUT2D eigenvalue weighted by molar-refractivity contribution is 7.47. The Balaban J connectivity index is 4.44. The molecule has 2 atom stereocenters. The molecule has 2 unspecified atom stereocenters. The van der Waals surface area contributed by atoms with Crippen LogP contribution in [0, 0.1) is 0 Å². The molecule has 9 heteroatoms. The van der Waals surface area contributed by atoms with E-state index in [-0.39, 0.29) is 13.2 Å². The lowest BCUT2D eigenvalue weighted by Gasteiger charge is -2.25. The van der Waals surface area contributed by atoms with Crippen molar-refractivity contribution >= 4 is 13.9 Å². The van der Waals surface area contributed by atoms with Crippen molar-refractivity contribution in [3.8, 4) is 0 Å². The average Bonchev–Trinajstić information content (AvgIpc) is 2.59. The van der Waals surface area contributed by atoms with Crippen LogP contribution in [-0.4, -0.2) is 81.5 Å². The Kier molecular flexibility index (Phi) is 14.8. The Labute approximate surface area is 177 Å². The molecule has 0 aromatic rings. The van der Waals surface area contributed by atoms with Gasteiger partial charge < -0.3 is 19.0 Å². The first-order chi connectivity index (χ1) is 13.5. The lowest BCUT2D eigenvalue weighted by atomic mass is 10.1. The van der Waals surface area contributed by atoms with Crippen molar-refractivity contribution in [2.75, 3.05) is 55.0 Å². The van der Waals surface area contributed by atoms with Crippen LogP contribution in [-0.2, 0) is 18.3 Å². The van der Waals surface area contributed by atoms with E-state index in [1.165, 1.54) is 37.0 Å². The highest BCUT2D eigenvalue weighted by Crippen LogP contribution is 2.45. The molecule has 1 amide bonds. The third-order valence-electron chi connectivity index (χ3n) is 4.44. The number of rotatable bonds is 17. The minimum absolute atomic E-state index is 0.0727. The van der Waals surface area contributed by atoms with Crippen LogP contribution in [0.15, 0.2) is 0 Å². The predicted octanol–water partition coefficient (Wildman–Crippen LogP) is 4.42. The number of carbonyl (C=O) groups is 1. The molecule has 174 valence electrons. The Morgan fingerprint density at radius 3 is 2.10 bits per heavy atom. The molecule has 8 nitrogen and oxygen atoms in total. The van der Waals surface area contributed by atoms with Crippen LogP contribution in [0.25, 0.3) is 0 Å². The second kappa shape index (κ2) is 15.2. The third-order valence-corrected chi connectivity index (χ3v) is 5.51. The molecular formula is C20H44N2O6P+. The van der Waals surface area contributed by atoms with Gasteiger partial charge in [0.15, 0.2) is 0 Å². The number of phosphoric ester groups is 1. The van der Waals surface area contributed by atoms with Gasteiger partial charge in [0.05, 0.1) is 21.1 Å². The molecule has 0 aliphatic heterocycles. The topological polar surface area (TPSA) is 85.3 Å². The fraction of sp³-hybridized carbons (Fsp3) is 0.950. The van der Waals surface area contributed by atoms with Crippen LogP contribution in [0.5, 0.6) is 0 Å². The van der Waals surface area contributed by atoms with Gasteiger partial charge in [0.2, 0.25) is 0 Å². The maximum atomic E-state index is 12.3. The van der Waals surface area contributed by atoms with Gasteiger partial charge in [-0.3, -0.25) is 9.05 Å². The molecule has 0 bridgehead atoms. The second-order valence-electron chi connectivity index (χ2n) is 8.78. The molecule has 0 saturated carbocycles. The summed E-state index contributed by atoms with van der Waals surface area (Å²) in [4.78, 5) is 23.0. The van der Waals surface area contributed by atoms with E-state index in [4.69, 9.17) is 13.8 Å². The number of nitrogens with zero attached hydrogens (tertiary/aromatic N) is 2. The SMILES string of the molecule is CCCCCCCCCCC(COC(=O)N(C)C)OP(=O)(O)OCC[N+](C)(C)C. The number of phosphoric acid groups is 1. The van der Waals surface area contributed by atoms with Crippen LogP contribution in [0.1, 0.15) is 64.7 Å². The molecule has 0 spiro atoms. The summed E-state index contributed by atoms with van der Waals surface area (Å²) in [5, 5.41) is 0.